The summed E-state index contributed by atoms with van der Waals surface area (Å²) in [6.45, 7) is 4.36. The van der Waals surface area contributed by atoms with Crippen LogP contribution in [0.15, 0.2) is 12.3 Å². The van der Waals surface area contributed by atoms with Gasteiger partial charge in [0.1, 0.15) is 17.2 Å². The highest BCUT2D eigenvalue weighted by Gasteiger charge is 2.58. The highest BCUT2D eigenvalue weighted by atomic mass is 16.4. The van der Waals surface area contributed by atoms with Crippen molar-refractivity contribution in [2.45, 2.75) is 19.9 Å². The van der Waals surface area contributed by atoms with Crippen LogP contribution in [0.3, 0.4) is 0 Å². The fourth-order valence-corrected chi connectivity index (χ4v) is 4.09. The van der Waals surface area contributed by atoms with Crippen LogP contribution in [0.1, 0.15) is 24.6 Å². The molecule has 3 heterocycles. The maximum atomic E-state index is 12.0. The van der Waals surface area contributed by atoms with Crippen LogP contribution in [0, 0.1) is 22.7 Å². The fourth-order valence-electron chi connectivity index (χ4n) is 4.09. The molecule has 2 aliphatic heterocycles. The average molecular weight is 330 g/mol. The van der Waals surface area contributed by atoms with Crippen LogP contribution in [-0.2, 0) is 23.2 Å². The van der Waals surface area contributed by atoms with E-state index < -0.39 is 11.4 Å². The summed E-state index contributed by atoms with van der Waals surface area (Å²) in [4.78, 5) is 27.7. The van der Waals surface area contributed by atoms with E-state index in [-0.39, 0.29) is 11.8 Å². The lowest BCUT2D eigenvalue weighted by atomic mass is 9.81. The van der Waals surface area contributed by atoms with E-state index in [1.165, 1.54) is 0 Å². The molecule has 0 bridgehead atoms. The van der Waals surface area contributed by atoms with Gasteiger partial charge in [0.15, 0.2) is 0 Å². The summed E-state index contributed by atoms with van der Waals surface area (Å²) in [6, 6.07) is 3.98. The van der Waals surface area contributed by atoms with Gasteiger partial charge in [-0.1, -0.05) is 6.92 Å². The Hall–Kier alpha value is -2.33. The number of nitrogens with zero attached hydrogens (tertiary/aromatic N) is 4. The normalized spacial score (nSPS) is 26.4. The van der Waals surface area contributed by atoms with E-state index in [2.05, 4.69) is 11.0 Å². The molecule has 1 N–H and O–H groups in total. The van der Waals surface area contributed by atoms with Crippen molar-refractivity contribution in [1.29, 1.82) is 5.26 Å². The minimum atomic E-state index is -0.863. The maximum Gasteiger partial charge on any atom is 0.313 e. The number of amides is 1. The second-order valence-corrected chi connectivity index (χ2v) is 6.91. The van der Waals surface area contributed by atoms with E-state index in [4.69, 9.17) is 5.26 Å². The van der Waals surface area contributed by atoms with Crippen LogP contribution in [-0.4, -0.2) is 57.5 Å². The molecular weight excluding hydrogens is 308 g/mol. The molecule has 1 aromatic rings. The Balaban J connectivity index is 1.74. The van der Waals surface area contributed by atoms with Gasteiger partial charge in [-0.3, -0.25) is 14.5 Å². The van der Waals surface area contributed by atoms with Crippen molar-refractivity contribution in [3.8, 4) is 6.07 Å². The number of hydrogen-bond donors (Lipinski definition) is 1. The zero-order valence-electron chi connectivity index (χ0n) is 14.0. The highest BCUT2D eigenvalue weighted by molar-refractivity contribution is 5.81. The molecule has 7 nitrogen and oxygen atoms in total. The van der Waals surface area contributed by atoms with E-state index in [0.717, 1.165) is 5.56 Å². The first-order chi connectivity index (χ1) is 11.4. The number of fused-ring (bicyclic) bond motifs is 1. The van der Waals surface area contributed by atoms with Crippen LogP contribution in [0.5, 0.6) is 0 Å². The topological polar surface area (TPSA) is 89.6 Å². The molecule has 24 heavy (non-hydrogen) atoms. The van der Waals surface area contributed by atoms with E-state index in [9.17, 15) is 14.7 Å². The number of hydrogen-bond acceptors (Lipinski definition) is 4. The van der Waals surface area contributed by atoms with Crippen molar-refractivity contribution in [3.63, 3.8) is 0 Å². The standard InChI is InChI=1S/C17H22N4O3/c1-3-15(22)21-9-13-8-20(10-17(13,11-21)16(23)24)7-12-4-14(5-18)19(2)6-12/h4,6,13H,3,7-11H2,1-2H3,(H,23,24)/t13-,17-/m0/s1. The molecule has 128 valence electrons. The van der Waals surface area contributed by atoms with Gasteiger partial charge in [0.2, 0.25) is 5.91 Å². The van der Waals surface area contributed by atoms with Crippen molar-refractivity contribution in [3.05, 3.63) is 23.5 Å². The second-order valence-electron chi connectivity index (χ2n) is 6.91. The predicted octanol–water partition coefficient (Wildman–Crippen LogP) is 0.652. The molecule has 0 unspecified atom stereocenters. The van der Waals surface area contributed by atoms with Gasteiger partial charge in [0.25, 0.3) is 0 Å². The van der Waals surface area contributed by atoms with E-state index >= 15 is 0 Å². The summed E-state index contributed by atoms with van der Waals surface area (Å²) < 4.78 is 1.78. The SMILES string of the molecule is CCC(=O)N1C[C@@H]2CN(Cc3cc(C#N)n(C)c3)C[C@]2(C(=O)O)C1. The molecule has 1 amide bonds. The van der Waals surface area contributed by atoms with Gasteiger partial charge < -0.3 is 14.6 Å². The molecule has 0 spiro atoms. The minimum Gasteiger partial charge on any atom is -0.481 e. The first-order valence-electron chi connectivity index (χ1n) is 8.18. The summed E-state index contributed by atoms with van der Waals surface area (Å²) in [5, 5.41) is 18.8. The smallest absolute Gasteiger partial charge is 0.313 e. The van der Waals surface area contributed by atoms with Crippen molar-refractivity contribution in [2.75, 3.05) is 26.2 Å². The number of aryl methyl sites for hydroxylation is 1. The highest BCUT2D eigenvalue weighted by Crippen LogP contribution is 2.43. The van der Waals surface area contributed by atoms with Crippen LogP contribution < -0.4 is 0 Å². The Kier molecular flexibility index (Phi) is 4.10. The quantitative estimate of drug-likeness (QED) is 0.875. The third kappa shape index (κ3) is 2.57. The molecule has 3 rings (SSSR count). The molecular formula is C17H22N4O3. The number of carbonyl (C=O) groups excluding carboxylic acids is 1. The predicted molar refractivity (Wildman–Crippen MR) is 85.8 cm³/mol. The van der Waals surface area contributed by atoms with Crippen molar-refractivity contribution >= 4 is 11.9 Å². The molecule has 1 aromatic heterocycles. The molecule has 2 atom stereocenters. The number of carbonyl (C=O) groups is 2. The zero-order valence-corrected chi connectivity index (χ0v) is 14.0. The summed E-state index contributed by atoms with van der Waals surface area (Å²) >= 11 is 0. The first-order valence-corrected chi connectivity index (χ1v) is 8.18. The number of aliphatic carboxylic acids is 1. The van der Waals surface area contributed by atoms with Crippen molar-refractivity contribution < 1.29 is 14.7 Å². The molecule has 0 aromatic carbocycles. The molecule has 7 heteroatoms. The van der Waals surface area contributed by atoms with Crippen molar-refractivity contribution in [1.82, 2.24) is 14.4 Å². The second kappa shape index (κ2) is 5.95. The molecule has 0 aliphatic carbocycles. The molecule has 2 fully saturated rings. The largest absolute Gasteiger partial charge is 0.481 e. The number of nitriles is 1. The van der Waals surface area contributed by atoms with E-state index in [1.54, 1.807) is 16.4 Å². The van der Waals surface area contributed by atoms with Gasteiger partial charge in [-0.2, -0.15) is 5.26 Å². The molecule has 0 radical (unpaired) electrons. The Bertz CT molecular complexity index is 720. The lowest BCUT2D eigenvalue weighted by Crippen LogP contribution is -2.41. The number of carboxylic acid groups (broad SMARTS) is 1. The van der Waals surface area contributed by atoms with Gasteiger partial charge in [-0.15, -0.1) is 0 Å². The van der Waals surface area contributed by atoms with Crippen LogP contribution in [0.2, 0.25) is 0 Å². The van der Waals surface area contributed by atoms with Crippen LogP contribution in [0.4, 0.5) is 0 Å². The monoisotopic (exact) mass is 330 g/mol. The van der Waals surface area contributed by atoms with E-state index in [0.29, 0.717) is 44.8 Å². The van der Waals surface area contributed by atoms with Crippen LogP contribution in [0.25, 0.3) is 0 Å². The Morgan fingerprint density at radius 1 is 1.42 bits per heavy atom. The van der Waals surface area contributed by atoms with Gasteiger partial charge in [-0.05, 0) is 11.6 Å². The summed E-state index contributed by atoms with van der Waals surface area (Å²) in [7, 11) is 1.83. The van der Waals surface area contributed by atoms with Gasteiger partial charge >= 0.3 is 5.97 Å². The molecule has 2 aliphatic rings. The lowest BCUT2D eigenvalue weighted by molar-refractivity contribution is -0.149. The van der Waals surface area contributed by atoms with E-state index in [1.807, 2.05) is 19.3 Å². The summed E-state index contributed by atoms with van der Waals surface area (Å²) in [6.07, 6.45) is 2.32. The number of likely N-dealkylation sites (tertiary alicyclic amines) is 2. The Labute approximate surface area is 141 Å². The number of aromatic nitrogens is 1. The lowest BCUT2D eigenvalue weighted by Gasteiger charge is -2.25. The Morgan fingerprint density at radius 3 is 2.71 bits per heavy atom. The summed E-state index contributed by atoms with van der Waals surface area (Å²) in [5.74, 6) is -0.824. The Morgan fingerprint density at radius 2 is 2.17 bits per heavy atom. The van der Waals surface area contributed by atoms with Crippen molar-refractivity contribution in [2.24, 2.45) is 18.4 Å². The van der Waals surface area contributed by atoms with Crippen LogP contribution >= 0.6 is 0 Å². The molecule has 2 saturated heterocycles. The van der Waals surface area contributed by atoms with Gasteiger partial charge in [0.05, 0.1) is 0 Å². The third-order valence-electron chi connectivity index (χ3n) is 5.34. The zero-order chi connectivity index (χ0) is 17.5. The molecule has 0 saturated carbocycles. The first kappa shape index (κ1) is 16.5. The number of rotatable bonds is 4. The average Bonchev–Trinajstić information content (AvgIpc) is 3.17. The van der Waals surface area contributed by atoms with Gasteiger partial charge in [-0.25, -0.2) is 0 Å². The summed E-state index contributed by atoms with van der Waals surface area (Å²) in [5.41, 5.74) is 0.741. The third-order valence-corrected chi connectivity index (χ3v) is 5.34. The minimum absolute atomic E-state index is 0.0262. The fraction of sp³-hybridized carbons (Fsp3) is 0.588. The maximum absolute atomic E-state index is 12.0. The van der Waals surface area contributed by atoms with Gasteiger partial charge in [0, 0.05) is 58.3 Å². The number of carboxylic acids is 1.